The quantitative estimate of drug-likeness (QED) is 0.730. The number of amides is 1. The van der Waals surface area contributed by atoms with Gasteiger partial charge < -0.3 is 11.1 Å². The lowest BCUT2D eigenvalue weighted by Crippen LogP contribution is -2.24. The molecule has 1 amide bonds. The third kappa shape index (κ3) is 5.24. The summed E-state index contributed by atoms with van der Waals surface area (Å²) < 4.78 is 0. The normalized spacial score (nSPS) is 10.2. The second-order valence-electron chi connectivity index (χ2n) is 3.86. The molecule has 0 saturated heterocycles. The molecule has 0 heterocycles. The van der Waals surface area contributed by atoms with E-state index >= 15 is 0 Å². The van der Waals surface area contributed by atoms with Crippen LogP contribution in [-0.4, -0.2) is 24.5 Å². The average Bonchev–Trinajstić information content (AvgIpc) is 2.38. The molecule has 0 fully saturated rings. The van der Waals surface area contributed by atoms with E-state index in [1.165, 1.54) is 0 Å². The zero-order chi connectivity index (χ0) is 12.5. The maximum Gasteiger partial charge on any atom is 0.251 e. The van der Waals surface area contributed by atoms with Gasteiger partial charge in [0.25, 0.3) is 5.91 Å². The summed E-state index contributed by atoms with van der Waals surface area (Å²) >= 11 is 1.84. The SMILES string of the molecule is CSCCCCNC(=O)c1ccc(CN)cc1. The van der Waals surface area contributed by atoms with E-state index in [1.54, 1.807) is 0 Å². The van der Waals surface area contributed by atoms with Gasteiger partial charge in [-0.3, -0.25) is 4.79 Å². The molecule has 0 aromatic heterocycles. The van der Waals surface area contributed by atoms with Crippen LogP contribution in [0.25, 0.3) is 0 Å². The minimum absolute atomic E-state index is 0.00211. The van der Waals surface area contributed by atoms with Crippen molar-refractivity contribution < 1.29 is 4.79 Å². The van der Waals surface area contributed by atoms with Crippen LogP contribution in [0.5, 0.6) is 0 Å². The van der Waals surface area contributed by atoms with Crippen LogP contribution in [0, 0.1) is 0 Å². The Morgan fingerprint density at radius 2 is 2.00 bits per heavy atom. The highest BCUT2D eigenvalue weighted by Gasteiger charge is 2.03. The lowest BCUT2D eigenvalue weighted by molar-refractivity contribution is 0.0953. The van der Waals surface area contributed by atoms with Crippen molar-refractivity contribution in [2.45, 2.75) is 19.4 Å². The summed E-state index contributed by atoms with van der Waals surface area (Å²) in [4.78, 5) is 11.7. The second kappa shape index (κ2) is 8.14. The number of hydrogen-bond donors (Lipinski definition) is 2. The molecule has 1 aromatic carbocycles. The summed E-state index contributed by atoms with van der Waals surface area (Å²) in [5.74, 6) is 1.15. The second-order valence-corrected chi connectivity index (χ2v) is 4.84. The van der Waals surface area contributed by atoms with Crippen LogP contribution >= 0.6 is 11.8 Å². The van der Waals surface area contributed by atoms with E-state index in [2.05, 4.69) is 11.6 Å². The first-order valence-corrected chi connectivity index (χ1v) is 7.23. The van der Waals surface area contributed by atoms with Gasteiger partial charge in [0.1, 0.15) is 0 Å². The fourth-order valence-corrected chi connectivity index (χ4v) is 1.96. The molecule has 0 radical (unpaired) electrons. The van der Waals surface area contributed by atoms with Gasteiger partial charge in [-0.15, -0.1) is 0 Å². The fourth-order valence-electron chi connectivity index (χ4n) is 1.47. The lowest BCUT2D eigenvalue weighted by Gasteiger charge is -2.05. The summed E-state index contributed by atoms with van der Waals surface area (Å²) in [6.45, 7) is 1.26. The molecule has 1 rings (SSSR count). The number of unbranched alkanes of at least 4 members (excludes halogenated alkanes) is 1. The van der Waals surface area contributed by atoms with Crippen LogP contribution in [0.15, 0.2) is 24.3 Å². The minimum Gasteiger partial charge on any atom is -0.352 e. The molecule has 0 aliphatic carbocycles. The Hall–Kier alpha value is -1.00. The summed E-state index contributed by atoms with van der Waals surface area (Å²) in [7, 11) is 0. The number of carbonyl (C=O) groups excluding carboxylic acids is 1. The molecule has 0 bridgehead atoms. The first kappa shape index (κ1) is 14.1. The molecular formula is C13H20N2OS. The molecule has 0 aliphatic rings. The molecule has 4 heteroatoms. The van der Waals surface area contributed by atoms with E-state index in [4.69, 9.17) is 5.73 Å². The maximum absolute atomic E-state index is 11.7. The van der Waals surface area contributed by atoms with Gasteiger partial charge in [0.15, 0.2) is 0 Å². The molecule has 17 heavy (non-hydrogen) atoms. The largest absolute Gasteiger partial charge is 0.352 e. The molecule has 1 aromatic rings. The number of thioether (sulfide) groups is 1. The number of benzene rings is 1. The van der Waals surface area contributed by atoms with E-state index in [-0.39, 0.29) is 5.91 Å². The van der Waals surface area contributed by atoms with Gasteiger partial charge in [-0.05, 0) is 42.5 Å². The third-order valence-electron chi connectivity index (χ3n) is 2.51. The van der Waals surface area contributed by atoms with Gasteiger partial charge in [0.05, 0.1) is 0 Å². The van der Waals surface area contributed by atoms with E-state index in [1.807, 2.05) is 36.0 Å². The monoisotopic (exact) mass is 252 g/mol. The van der Waals surface area contributed by atoms with Crippen molar-refractivity contribution in [1.82, 2.24) is 5.32 Å². The van der Waals surface area contributed by atoms with Gasteiger partial charge in [0, 0.05) is 18.7 Å². The maximum atomic E-state index is 11.7. The van der Waals surface area contributed by atoms with Gasteiger partial charge >= 0.3 is 0 Å². The third-order valence-corrected chi connectivity index (χ3v) is 3.21. The van der Waals surface area contributed by atoms with Crippen molar-refractivity contribution in [2.24, 2.45) is 5.73 Å². The van der Waals surface area contributed by atoms with Gasteiger partial charge in [-0.2, -0.15) is 11.8 Å². The van der Waals surface area contributed by atoms with Crippen LogP contribution in [-0.2, 0) is 6.54 Å². The van der Waals surface area contributed by atoms with Crippen LogP contribution in [0.4, 0.5) is 0 Å². The highest BCUT2D eigenvalue weighted by molar-refractivity contribution is 7.98. The number of nitrogens with two attached hydrogens (primary N) is 1. The van der Waals surface area contributed by atoms with Gasteiger partial charge in [-0.25, -0.2) is 0 Å². The van der Waals surface area contributed by atoms with Crippen LogP contribution in [0.1, 0.15) is 28.8 Å². The molecule has 3 nitrogen and oxygen atoms in total. The summed E-state index contributed by atoms with van der Waals surface area (Å²) in [6, 6.07) is 7.42. The summed E-state index contributed by atoms with van der Waals surface area (Å²) in [5.41, 5.74) is 7.24. The van der Waals surface area contributed by atoms with Crippen molar-refractivity contribution in [3.8, 4) is 0 Å². The van der Waals surface area contributed by atoms with Crippen LogP contribution in [0.3, 0.4) is 0 Å². The Balaban J connectivity index is 2.31. The van der Waals surface area contributed by atoms with E-state index in [0.29, 0.717) is 12.1 Å². The standard InChI is InChI=1S/C13H20N2OS/c1-17-9-3-2-8-15-13(16)12-6-4-11(10-14)5-7-12/h4-7H,2-3,8-10,14H2,1H3,(H,15,16). The van der Waals surface area contributed by atoms with Crippen molar-refractivity contribution >= 4 is 17.7 Å². The predicted molar refractivity (Wildman–Crippen MR) is 74.3 cm³/mol. The Labute approximate surface area is 107 Å². The van der Waals surface area contributed by atoms with E-state index in [0.717, 1.165) is 30.7 Å². The highest BCUT2D eigenvalue weighted by atomic mass is 32.2. The molecule has 3 N–H and O–H groups in total. The van der Waals surface area contributed by atoms with Crippen molar-refractivity contribution in [3.63, 3.8) is 0 Å². The fraction of sp³-hybridized carbons (Fsp3) is 0.462. The van der Waals surface area contributed by atoms with Crippen molar-refractivity contribution in [3.05, 3.63) is 35.4 Å². The van der Waals surface area contributed by atoms with Gasteiger partial charge in [-0.1, -0.05) is 12.1 Å². The molecule has 0 aliphatic heterocycles. The van der Waals surface area contributed by atoms with Crippen molar-refractivity contribution in [2.75, 3.05) is 18.6 Å². The predicted octanol–water partition coefficient (Wildman–Crippen LogP) is 2.02. The first-order chi connectivity index (χ1) is 8.27. The number of carbonyl (C=O) groups is 1. The Morgan fingerprint density at radius 3 is 2.59 bits per heavy atom. The molecular weight excluding hydrogens is 232 g/mol. The molecule has 0 saturated carbocycles. The van der Waals surface area contributed by atoms with E-state index < -0.39 is 0 Å². The molecule has 94 valence electrons. The van der Waals surface area contributed by atoms with E-state index in [9.17, 15) is 4.79 Å². The molecule has 0 unspecified atom stereocenters. The Morgan fingerprint density at radius 1 is 1.29 bits per heavy atom. The zero-order valence-corrected chi connectivity index (χ0v) is 11.1. The van der Waals surface area contributed by atoms with Crippen molar-refractivity contribution in [1.29, 1.82) is 0 Å². The minimum atomic E-state index is -0.00211. The molecule has 0 atom stereocenters. The number of nitrogens with one attached hydrogen (secondary N) is 1. The van der Waals surface area contributed by atoms with Crippen LogP contribution in [0.2, 0.25) is 0 Å². The zero-order valence-electron chi connectivity index (χ0n) is 10.2. The van der Waals surface area contributed by atoms with Crippen LogP contribution < -0.4 is 11.1 Å². The Kier molecular flexibility index (Phi) is 6.74. The smallest absolute Gasteiger partial charge is 0.251 e. The highest BCUT2D eigenvalue weighted by Crippen LogP contribution is 2.04. The number of rotatable bonds is 7. The average molecular weight is 252 g/mol. The summed E-state index contributed by atoms with van der Waals surface area (Å²) in [5, 5.41) is 2.92. The molecule has 0 spiro atoms. The lowest BCUT2D eigenvalue weighted by atomic mass is 10.1. The topological polar surface area (TPSA) is 55.1 Å². The first-order valence-electron chi connectivity index (χ1n) is 5.84. The summed E-state index contributed by atoms with van der Waals surface area (Å²) in [6.07, 6.45) is 4.28. The number of hydrogen-bond acceptors (Lipinski definition) is 3. The van der Waals surface area contributed by atoms with Gasteiger partial charge in [0.2, 0.25) is 0 Å². The Bertz CT molecular complexity index is 338.